The van der Waals surface area contributed by atoms with Crippen molar-refractivity contribution in [2.45, 2.75) is 44.9 Å². The Labute approximate surface area is 100 Å². The monoisotopic (exact) mass is 228 g/mol. The van der Waals surface area contributed by atoms with E-state index >= 15 is 0 Å². The fraction of sp³-hybridized carbons (Fsp3) is 1.00. The normalized spacial score (nSPS) is 19.5. The van der Waals surface area contributed by atoms with E-state index < -0.39 is 0 Å². The highest BCUT2D eigenvalue weighted by atomic mass is 16.2. The molecule has 1 aliphatic rings. The third kappa shape index (κ3) is 4.40. The van der Waals surface area contributed by atoms with Crippen LogP contribution >= 0.6 is 0 Å². The standard InChI is InChI=1S/C13H28N2O/c1-15(9-5-2-6-10-16)12-13(11-14)7-3-4-8-13/h16H,2-12,14H2,1H3. The summed E-state index contributed by atoms with van der Waals surface area (Å²) in [6.45, 7) is 3.47. The van der Waals surface area contributed by atoms with Crippen molar-refractivity contribution in [3.63, 3.8) is 0 Å². The highest BCUT2D eigenvalue weighted by Crippen LogP contribution is 2.37. The van der Waals surface area contributed by atoms with Gasteiger partial charge in [-0.1, -0.05) is 12.8 Å². The van der Waals surface area contributed by atoms with Crippen LogP contribution in [0.3, 0.4) is 0 Å². The van der Waals surface area contributed by atoms with E-state index in [-0.39, 0.29) is 0 Å². The lowest BCUT2D eigenvalue weighted by Crippen LogP contribution is -2.39. The van der Waals surface area contributed by atoms with E-state index in [1.165, 1.54) is 32.1 Å². The zero-order valence-electron chi connectivity index (χ0n) is 10.7. The van der Waals surface area contributed by atoms with Gasteiger partial charge in [0.15, 0.2) is 0 Å². The molecule has 0 amide bonds. The first-order chi connectivity index (χ1) is 7.72. The van der Waals surface area contributed by atoms with Gasteiger partial charge in [0.05, 0.1) is 0 Å². The number of aliphatic hydroxyl groups is 1. The molecule has 3 nitrogen and oxygen atoms in total. The van der Waals surface area contributed by atoms with E-state index in [9.17, 15) is 0 Å². The smallest absolute Gasteiger partial charge is 0.0431 e. The van der Waals surface area contributed by atoms with Gasteiger partial charge in [-0.2, -0.15) is 0 Å². The van der Waals surface area contributed by atoms with E-state index in [1.54, 1.807) is 0 Å². The van der Waals surface area contributed by atoms with Crippen molar-refractivity contribution < 1.29 is 5.11 Å². The summed E-state index contributed by atoms with van der Waals surface area (Å²) in [7, 11) is 2.20. The third-order valence-corrected chi connectivity index (χ3v) is 3.90. The lowest BCUT2D eigenvalue weighted by atomic mass is 9.86. The van der Waals surface area contributed by atoms with Gasteiger partial charge >= 0.3 is 0 Å². The molecule has 0 aromatic carbocycles. The molecule has 0 spiro atoms. The van der Waals surface area contributed by atoms with E-state index in [0.717, 1.165) is 32.5 Å². The summed E-state index contributed by atoms with van der Waals surface area (Å²) >= 11 is 0. The summed E-state index contributed by atoms with van der Waals surface area (Å²) in [6.07, 6.45) is 8.60. The number of unbranched alkanes of at least 4 members (excludes halogenated alkanes) is 2. The lowest BCUT2D eigenvalue weighted by Gasteiger charge is -2.32. The van der Waals surface area contributed by atoms with Crippen molar-refractivity contribution in [1.29, 1.82) is 0 Å². The second-order valence-electron chi connectivity index (χ2n) is 5.43. The first-order valence-corrected chi connectivity index (χ1v) is 6.72. The molecule has 1 fully saturated rings. The highest BCUT2D eigenvalue weighted by molar-refractivity contribution is 4.87. The molecular weight excluding hydrogens is 200 g/mol. The van der Waals surface area contributed by atoms with Crippen LogP contribution in [0.4, 0.5) is 0 Å². The van der Waals surface area contributed by atoms with Crippen molar-refractivity contribution >= 4 is 0 Å². The molecule has 16 heavy (non-hydrogen) atoms. The van der Waals surface area contributed by atoms with Gasteiger partial charge in [-0.25, -0.2) is 0 Å². The Kier molecular flexibility index (Phi) is 6.32. The first kappa shape index (κ1) is 13.9. The molecular formula is C13H28N2O. The molecule has 0 saturated heterocycles. The van der Waals surface area contributed by atoms with Gasteiger partial charge in [-0.3, -0.25) is 0 Å². The van der Waals surface area contributed by atoms with E-state index in [0.29, 0.717) is 12.0 Å². The topological polar surface area (TPSA) is 49.5 Å². The predicted molar refractivity (Wildman–Crippen MR) is 68.4 cm³/mol. The highest BCUT2D eigenvalue weighted by Gasteiger charge is 2.33. The molecule has 3 heteroatoms. The van der Waals surface area contributed by atoms with Crippen LogP contribution in [0.1, 0.15) is 44.9 Å². The maximum Gasteiger partial charge on any atom is 0.0431 e. The molecule has 3 N–H and O–H groups in total. The molecule has 0 aromatic rings. The molecule has 0 bridgehead atoms. The summed E-state index contributed by atoms with van der Waals surface area (Å²) in [5.74, 6) is 0. The summed E-state index contributed by atoms with van der Waals surface area (Å²) < 4.78 is 0. The van der Waals surface area contributed by atoms with Gasteiger partial charge < -0.3 is 15.7 Å². The Morgan fingerprint density at radius 3 is 2.44 bits per heavy atom. The second kappa shape index (κ2) is 7.25. The Hall–Kier alpha value is -0.120. The van der Waals surface area contributed by atoms with Crippen molar-refractivity contribution in [2.24, 2.45) is 11.1 Å². The van der Waals surface area contributed by atoms with Gasteiger partial charge in [0.1, 0.15) is 0 Å². The quantitative estimate of drug-likeness (QED) is 0.620. The van der Waals surface area contributed by atoms with Gasteiger partial charge in [-0.05, 0) is 57.7 Å². The fourth-order valence-electron chi connectivity index (χ4n) is 2.87. The first-order valence-electron chi connectivity index (χ1n) is 6.72. The van der Waals surface area contributed by atoms with Gasteiger partial charge in [-0.15, -0.1) is 0 Å². The maximum absolute atomic E-state index is 8.71. The van der Waals surface area contributed by atoms with Crippen LogP contribution in [0.15, 0.2) is 0 Å². The van der Waals surface area contributed by atoms with Crippen LogP contribution in [0.5, 0.6) is 0 Å². The molecule has 0 radical (unpaired) electrons. The van der Waals surface area contributed by atoms with Crippen LogP contribution in [-0.2, 0) is 0 Å². The fourth-order valence-corrected chi connectivity index (χ4v) is 2.87. The van der Waals surface area contributed by atoms with Crippen LogP contribution in [-0.4, -0.2) is 43.3 Å². The van der Waals surface area contributed by atoms with E-state index in [4.69, 9.17) is 10.8 Å². The average Bonchev–Trinajstić information content (AvgIpc) is 2.74. The molecule has 0 heterocycles. The zero-order chi connectivity index (χ0) is 11.9. The second-order valence-corrected chi connectivity index (χ2v) is 5.43. The predicted octanol–water partition coefficient (Wildman–Crippen LogP) is 1.60. The average molecular weight is 228 g/mol. The summed E-state index contributed by atoms with van der Waals surface area (Å²) in [5, 5.41) is 8.71. The van der Waals surface area contributed by atoms with Crippen LogP contribution < -0.4 is 5.73 Å². The van der Waals surface area contributed by atoms with Gasteiger partial charge in [0, 0.05) is 13.2 Å². The van der Waals surface area contributed by atoms with E-state index in [1.807, 2.05) is 0 Å². The largest absolute Gasteiger partial charge is 0.396 e. The minimum atomic E-state index is 0.330. The van der Waals surface area contributed by atoms with Crippen LogP contribution in [0, 0.1) is 5.41 Å². The van der Waals surface area contributed by atoms with Crippen molar-refractivity contribution in [2.75, 3.05) is 33.3 Å². The van der Waals surface area contributed by atoms with E-state index in [2.05, 4.69) is 11.9 Å². The molecule has 0 unspecified atom stereocenters. The summed E-state index contributed by atoms with van der Waals surface area (Å²) in [4.78, 5) is 2.43. The Bertz CT molecular complexity index is 179. The van der Waals surface area contributed by atoms with Gasteiger partial charge in [0.25, 0.3) is 0 Å². The zero-order valence-corrected chi connectivity index (χ0v) is 10.7. The summed E-state index contributed by atoms with van der Waals surface area (Å²) in [6, 6.07) is 0. The molecule has 1 saturated carbocycles. The van der Waals surface area contributed by atoms with Crippen LogP contribution in [0.2, 0.25) is 0 Å². The number of nitrogens with two attached hydrogens (primary N) is 1. The van der Waals surface area contributed by atoms with Crippen LogP contribution in [0.25, 0.3) is 0 Å². The summed E-state index contributed by atoms with van der Waals surface area (Å²) in [5.41, 5.74) is 6.34. The Morgan fingerprint density at radius 1 is 1.19 bits per heavy atom. The van der Waals surface area contributed by atoms with Crippen molar-refractivity contribution in [3.8, 4) is 0 Å². The molecule has 1 aliphatic carbocycles. The third-order valence-electron chi connectivity index (χ3n) is 3.90. The van der Waals surface area contributed by atoms with Crippen molar-refractivity contribution in [1.82, 2.24) is 4.90 Å². The minimum Gasteiger partial charge on any atom is -0.396 e. The number of nitrogens with zero attached hydrogens (tertiary/aromatic N) is 1. The Balaban J connectivity index is 2.18. The maximum atomic E-state index is 8.71. The molecule has 0 atom stereocenters. The molecule has 1 rings (SSSR count). The molecule has 96 valence electrons. The Morgan fingerprint density at radius 2 is 1.88 bits per heavy atom. The molecule has 0 aliphatic heterocycles. The molecule has 0 aromatic heterocycles. The number of hydrogen-bond donors (Lipinski definition) is 2. The lowest BCUT2D eigenvalue weighted by molar-refractivity contribution is 0.180. The van der Waals surface area contributed by atoms with Gasteiger partial charge in [0.2, 0.25) is 0 Å². The minimum absolute atomic E-state index is 0.330. The number of aliphatic hydroxyl groups excluding tert-OH is 1. The van der Waals surface area contributed by atoms with Crippen molar-refractivity contribution in [3.05, 3.63) is 0 Å². The SMILES string of the molecule is CN(CCCCCO)CC1(CN)CCCC1. The number of hydrogen-bond acceptors (Lipinski definition) is 3. The number of rotatable bonds is 8.